The van der Waals surface area contributed by atoms with Gasteiger partial charge in [0.05, 0.1) is 19.3 Å². The molecule has 0 bridgehead atoms. The summed E-state index contributed by atoms with van der Waals surface area (Å²) in [6.07, 6.45) is 0. The van der Waals surface area contributed by atoms with Crippen molar-refractivity contribution in [3.63, 3.8) is 0 Å². The topological polar surface area (TPSA) is 62.9 Å². The second-order valence-electron chi connectivity index (χ2n) is 5.53. The zero-order valence-electron chi connectivity index (χ0n) is 14.3. The van der Waals surface area contributed by atoms with Gasteiger partial charge in [0.2, 0.25) is 0 Å². The molecular weight excluding hydrogens is 415 g/mol. The Balaban J connectivity index is 0.00000288. The highest BCUT2D eigenvalue weighted by Crippen LogP contribution is 2.22. The molecule has 0 radical (unpaired) electrons. The molecule has 0 aliphatic heterocycles. The number of guanidine groups is 1. The molecule has 3 N–H and O–H groups in total. The summed E-state index contributed by atoms with van der Waals surface area (Å²) < 4.78 is 5.29. The summed E-state index contributed by atoms with van der Waals surface area (Å²) in [5, 5.41) is 3.08. The van der Waals surface area contributed by atoms with Crippen LogP contribution in [0.3, 0.4) is 0 Å². The Labute approximate surface area is 160 Å². The van der Waals surface area contributed by atoms with Gasteiger partial charge in [-0.2, -0.15) is 0 Å². The van der Waals surface area contributed by atoms with E-state index in [0.717, 1.165) is 18.0 Å². The van der Waals surface area contributed by atoms with E-state index < -0.39 is 0 Å². The van der Waals surface area contributed by atoms with Crippen molar-refractivity contribution in [2.24, 2.45) is 10.7 Å². The first-order valence-electron chi connectivity index (χ1n) is 7.51. The van der Waals surface area contributed by atoms with Gasteiger partial charge in [-0.1, -0.05) is 36.4 Å². The number of benzene rings is 2. The van der Waals surface area contributed by atoms with Gasteiger partial charge in [-0.05, 0) is 37.4 Å². The standard InChI is InChI=1S/C18H24N4O.HI/c1-22(2)13-15-9-5-4-8-14(15)12-20-18(19)21-16-10-6-7-11-17(16)23-3;/h4-11H,12-13H2,1-3H3,(H3,19,20,21);1H. The SMILES string of the molecule is COc1ccccc1NC(N)=NCc1ccccc1CN(C)C.I. The predicted octanol–water partition coefficient (Wildman–Crippen LogP) is 3.30. The van der Waals surface area contributed by atoms with Crippen LogP contribution in [0.5, 0.6) is 5.75 Å². The molecule has 5 nitrogen and oxygen atoms in total. The smallest absolute Gasteiger partial charge is 0.193 e. The lowest BCUT2D eigenvalue weighted by Crippen LogP contribution is -2.23. The summed E-state index contributed by atoms with van der Waals surface area (Å²) in [5.41, 5.74) is 9.23. The molecule has 6 heteroatoms. The van der Waals surface area contributed by atoms with E-state index in [1.54, 1.807) is 7.11 Å². The number of ether oxygens (including phenoxy) is 1. The second-order valence-corrected chi connectivity index (χ2v) is 5.53. The van der Waals surface area contributed by atoms with Crippen LogP contribution in [-0.4, -0.2) is 32.1 Å². The van der Waals surface area contributed by atoms with Crippen LogP contribution in [0.2, 0.25) is 0 Å². The molecule has 0 saturated carbocycles. The monoisotopic (exact) mass is 440 g/mol. The van der Waals surface area contributed by atoms with Crippen molar-refractivity contribution in [1.29, 1.82) is 0 Å². The number of nitrogens with one attached hydrogen (secondary N) is 1. The molecule has 24 heavy (non-hydrogen) atoms. The maximum Gasteiger partial charge on any atom is 0.193 e. The number of hydrogen-bond acceptors (Lipinski definition) is 3. The summed E-state index contributed by atoms with van der Waals surface area (Å²) >= 11 is 0. The Hall–Kier alpha value is -1.80. The minimum absolute atomic E-state index is 0. The lowest BCUT2D eigenvalue weighted by atomic mass is 10.1. The third kappa shape index (κ3) is 6.01. The second kappa shape index (κ2) is 10.1. The Morgan fingerprint density at radius 1 is 1.08 bits per heavy atom. The van der Waals surface area contributed by atoms with E-state index in [1.807, 2.05) is 36.4 Å². The minimum Gasteiger partial charge on any atom is -0.495 e. The van der Waals surface area contributed by atoms with Crippen LogP contribution in [0, 0.1) is 0 Å². The highest BCUT2D eigenvalue weighted by Gasteiger charge is 2.04. The number of anilines is 1. The Kier molecular flexibility index (Phi) is 8.56. The summed E-state index contributed by atoms with van der Waals surface area (Å²) in [6.45, 7) is 1.42. The Bertz CT molecular complexity index is 674. The third-order valence-electron chi connectivity index (χ3n) is 3.39. The highest BCUT2D eigenvalue weighted by molar-refractivity contribution is 14.0. The number of methoxy groups -OCH3 is 1. The fraction of sp³-hybridized carbons (Fsp3) is 0.278. The average Bonchev–Trinajstić information content (AvgIpc) is 2.54. The van der Waals surface area contributed by atoms with Crippen molar-refractivity contribution in [3.05, 3.63) is 59.7 Å². The summed E-state index contributed by atoms with van der Waals surface area (Å²) in [5.74, 6) is 1.10. The fourth-order valence-electron chi connectivity index (χ4n) is 2.30. The number of aliphatic imine (C=N–C) groups is 1. The lowest BCUT2D eigenvalue weighted by molar-refractivity contribution is 0.401. The van der Waals surface area contributed by atoms with Crippen molar-refractivity contribution in [2.75, 3.05) is 26.5 Å². The van der Waals surface area contributed by atoms with Crippen molar-refractivity contribution in [3.8, 4) is 5.75 Å². The van der Waals surface area contributed by atoms with Gasteiger partial charge >= 0.3 is 0 Å². The first-order chi connectivity index (χ1) is 11.1. The predicted molar refractivity (Wildman–Crippen MR) is 111 cm³/mol. The number of nitrogens with two attached hydrogens (primary N) is 1. The molecular formula is C18H25IN4O. The first kappa shape index (κ1) is 20.2. The van der Waals surface area contributed by atoms with Gasteiger partial charge in [-0.3, -0.25) is 0 Å². The minimum atomic E-state index is 0. The summed E-state index contributed by atoms with van der Waals surface area (Å²) in [7, 11) is 5.74. The highest BCUT2D eigenvalue weighted by atomic mass is 127. The maximum absolute atomic E-state index is 6.00. The van der Waals surface area contributed by atoms with Crippen LogP contribution in [0.1, 0.15) is 11.1 Å². The molecule has 0 aliphatic rings. The number of nitrogens with zero attached hydrogens (tertiary/aromatic N) is 2. The van der Waals surface area contributed by atoms with Crippen LogP contribution < -0.4 is 15.8 Å². The van der Waals surface area contributed by atoms with Gasteiger partial charge in [-0.15, -0.1) is 24.0 Å². The van der Waals surface area contributed by atoms with Crippen LogP contribution in [0.15, 0.2) is 53.5 Å². The molecule has 2 aromatic carbocycles. The molecule has 0 unspecified atom stereocenters. The summed E-state index contributed by atoms with van der Waals surface area (Å²) in [4.78, 5) is 6.58. The van der Waals surface area contributed by atoms with E-state index in [9.17, 15) is 0 Å². The van der Waals surface area contributed by atoms with Crippen LogP contribution in [0.4, 0.5) is 5.69 Å². The molecule has 0 spiro atoms. The number of hydrogen-bond donors (Lipinski definition) is 2. The zero-order chi connectivity index (χ0) is 16.7. The third-order valence-corrected chi connectivity index (χ3v) is 3.39. The van der Waals surface area contributed by atoms with E-state index in [-0.39, 0.29) is 24.0 Å². The Morgan fingerprint density at radius 3 is 2.38 bits per heavy atom. The fourth-order valence-corrected chi connectivity index (χ4v) is 2.30. The van der Waals surface area contributed by atoms with Crippen LogP contribution in [-0.2, 0) is 13.1 Å². The van der Waals surface area contributed by atoms with Gasteiger partial charge in [0.1, 0.15) is 5.75 Å². The molecule has 0 aromatic heterocycles. The van der Waals surface area contributed by atoms with E-state index in [0.29, 0.717) is 12.5 Å². The van der Waals surface area contributed by atoms with E-state index >= 15 is 0 Å². The zero-order valence-corrected chi connectivity index (χ0v) is 16.7. The quantitative estimate of drug-likeness (QED) is 0.411. The van der Waals surface area contributed by atoms with Crippen molar-refractivity contribution >= 4 is 35.6 Å². The molecule has 0 atom stereocenters. The van der Waals surface area contributed by atoms with Gasteiger partial charge in [0.25, 0.3) is 0 Å². The van der Waals surface area contributed by atoms with E-state index in [1.165, 1.54) is 11.1 Å². The average molecular weight is 440 g/mol. The van der Waals surface area contributed by atoms with Crippen LogP contribution in [0.25, 0.3) is 0 Å². The van der Waals surface area contributed by atoms with Crippen molar-refractivity contribution in [1.82, 2.24) is 4.90 Å². The maximum atomic E-state index is 6.00. The number of rotatable bonds is 6. The molecule has 0 fully saturated rings. The molecule has 0 aliphatic carbocycles. The van der Waals surface area contributed by atoms with Gasteiger partial charge in [0, 0.05) is 6.54 Å². The Morgan fingerprint density at radius 2 is 1.71 bits per heavy atom. The molecule has 2 aromatic rings. The first-order valence-corrected chi connectivity index (χ1v) is 7.51. The molecule has 2 rings (SSSR count). The molecule has 0 saturated heterocycles. The van der Waals surface area contributed by atoms with E-state index in [4.69, 9.17) is 10.5 Å². The largest absolute Gasteiger partial charge is 0.495 e. The molecule has 130 valence electrons. The summed E-state index contributed by atoms with van der Waals surface area (Å²) in [6, 6.07) is 15.9. The van der Waals surface area contributed by atoms with Crippen LogP contribution >= 0.6 is 24.0 Å². The van der Waals surface area contributed by atoms with Crippen molar-refractivity contribution in [2.45, 2.75) is 13.1 Å². The van der Waals surface area contributed by atoms with Crippen molar-refractivity contribution < 1.29 is 4.74 Å². The molecule has 0 heterocycles. The normalized spacial score (nSPS) is 11.1. The lowest BCUT2D eigenvalue weighted by Gasteiger charge is -2.13. The van der Waals surface area contributed by atoms with Gasteiger partial charge in [0.15, 0.2) is 5.96 Å². The number of halogens is 1. The van der Waals surface area contributed by atoms with E-state index in [2.05, 4.69) is 41.4 Å². The van der Waals surface area contributed by atoms with Gasteiger partial charge < -0.3 is 20.7 Å². The number of para-hydroxylation sites is 2. The molecule has 0 amide bonds. The van der Waals surface area contributed by atoms with Gasteiger partial charge in [-0.25, -0.2) is 4.99 Å².